The number of carboxylic acid groups (broad SMARTS) is 1. The van der Waals surface area contributed by atoms with Gasteiger partial charge in [-0.2, -0.15) is 0 Å². The molecule has 0 radical (unpaired) electrons. The number of pyridine rings is 1. The van der Waals surface area contributed by atoms with Gasteiger partial charge in [0.15, 0.2) is 5.13 Å². The summed E-state index contributed by atoms with van der Waals surface area (Å²) in [5.74, 6) is -1.31. The number of hydrogen-bond acceptors (Lipinski definition) is 6. The molecule has 0 spiro atoms. The van der Waals surface area contributed by atoms with Gasteiger partial charge in [-0.1, -0.05) is 53.3 Å². The van der Waals surface area contributed by atoms with Crippen LogP contribution in [0.1, 0.15) is 12.0 Å². The molecule has 1 N–H and O–H groups in total. The van der Waals surface area contributed by atoms with E-state index >= 15 is 0 Å². The lowest BCUT2D eigenvalue weighted by atomic mass is 9.96. The summed E-state index contributed by atoms with van der Waals surface area (Å²) in [7, 11) is 0. The number of anilines is 1. The van der Waals surface area contributed by atoms with Crippen molar-refractivity contribution in [3.63, 3.8) is 0 Å². The minimum absolute atomic E-state index is 0.180. The van der Waals surface area contributed by atoms with E-state index in [1.165, 1.54) is 11.3 Å². The first-order valence-electron chi connectivity index (χ1n) is 8.64. The van der Waals surface area contributed by atoms with E-state index in [2.05, 4.69) is 9.97 Å². The third-order valence-corrected chi connectivity index (χ3v) is 6.15. The Bertz CT molecular complexity index is 950. The molecule has 3 aromatic rings. The summed E-state index contributed by atoms with van der Waals surface area (Å²) in [6, 6.07) is 11.7. The lowest BCUT2D eigenvalue weighted by Crippen LogP contribution is -2.46. The van der Waals surface area contributed by atoms with Gasteiger partial charge in [-0.15, -0.1) is 0 Å². The smallest absolute Gasteiger partial charge is 0.308 e. The molecule has 140 valence electrons. The summed E-state index contributed by atoms with van der Waals surface area (Å²) < 4.78 is 6.85. The van der Waals surface area contributed by atoms with E-state index < -0.39 is 11.9 Å². The molecule has 1 fully saturated rings. The number of carbonyl (C=O) groups is 1. The van der Waals surface area contributed by atoms with Gasteiger partial charge in [0.25, 0.3) is 0 Å². The van der Waals surface area contributed by atoms with E-state index in [0.717, 1.165) is 20.9 Å². The van der Waals surface area contributed by atoms with Crippen LogP contribution in [0.15, 0.2) is 42.6 Å². The van der Waals surface area contributed by atoms with E-state index in [1.54, 1.807) is 6.20 Å². The van der Waals surface area contributed by atoms with Crippen molar-refractivity contribution >= 4 is 44.3 Å². The maximum atomic E-state index is 11.6. The van der Waals surface area contributed by atoms with Gasteiger partial charge in [0.1, 0.15) is 5.15 Å². The van der Waals surface area contributed by atoms with E-state index in [4.69, 9.17) is 16.3 Å². The van der Waals surface area contributed by atoms with Gasteiger partial charge in [0, 0.05) is 19.3 Å². The Morgan fingerprint density at radius 3 is 2.85 bits per heavy atom. The lowest BCUT2D eigenvalue weighted by Gasteiger charge is -2.35. The molecular formula is C19H18ClN3O3S. The number of fused-ring (bicyclic) bond motifs is 1. The number of ether oxygens (including phenoxy) is 1. The zero-order valence-electron chi connectivity index (χ0n) is 14.4. The average molecular weight is 404 g/mol. The quantitative estimate of drug-likeness (QED) is 0.652. The maximum Gasteiger partial charge on any atom is 0.308 e. The highest BCUT2D eigenvalue weighted by Crippen LogP contribution is 2.35. The van der Waals surface area contributed by atoms with Gasteiger partial charge in [-0.05, 0) is 18.1 Å². The van der Waals surface area contributed by atoms with Crippen molar-refractivity contribution in [1.29, 1.82) is 0 Å². The Morgan fingerprint density at radius 2 is 2.11 bits per heavy atom. The van der Waals surface area contributed by atoms with Gasteiger partial charge in [-0.3, -0.25) is 4.79 Å². The predicted octanol–water partition coefficient (Wildman–Crippen LogP) is 3.84. The SMILES string of the molecule is O=C(O)C1CC(OCc2ccccc2)CN(c2nc3ccnc(Cl)c3s2)C1. The number of nitrogens with zero attached hydrogens (tertiary/aromatic N) is 3. The van der Waals surface area contributed by atoms with Crippen molar-refractivity contribution in [1.82, 2.24) is 9.97 Å². The third kappa shape index (κ3) is 4.05. The van der Waals surface area contributed by atoms with Crippen molar-refractivity contribution in [2.24, 2.45) is 5.92 Å². The molecule has 3 heterocycles. The highest BCUT2D eigenvalue weighted by atomic mass is 35.5. The van der Waals surface area contributed by atoms with Crippen LogP contribution in [-0.4, -0.2) is 40.2 Å². The number of hydrogen-bond donors (Lipinski definition) is 1. The number of halogens is 1. The number of rotatable bonds is 5. The highest BCUT2D eigenvalue weighted by molar-refractivity contribution is 7.22. The molecule has 2 unspecified atom stereocenters. The zero-order chi connectivity index (χ0) is 18.8. The maximum absolute atomic E-state index is 11.6. The Morgan fingerprint density at radius 1 is 1.30 bits per heavy atom. The molecule has 0 amide bonds. The number of aromatic nitrogens is 2. The molecule has 1 saturated heterocycles. The van der Waals surface area contributed by atoms with Crippen LogP contribution < -0.4 is 4.90 Å². The fourth-order valence-electron chi connectivity index (χ4n) is 3.25. The third-order valence-electron chi connectivity index (χ3n) is 4.61. The van der Waals surface area contributed by atoms with E-state index in [0.29, 0.717) is 31.3 Å². The van der Waals surface area contributed by atoms with Crippen LogP contribution in [0.3, 0.4) is 0 Å². The second kappa shape index (κ2) is 7.80. The number of carboxylic acids is 1. The van der Waals surface area contributed by atoms with Crippen molar-refractivity contribution in [2.75, 3.05) is 18.0 Å². The van der Waals surface area contributed by atoms with Crippen LogP contribution in [0, 0.1) is 5.92 Å². The van der Waals surface area contributed by atoms with Crippen molar-refractivity contribution in [2.45, 2.75) is 19.1 Å². The summed E-state index contributed by atoms with van der Waals surface area (Å²) in [5, 5.41) is 10.7. The van der Waals surface area contributed by atoms with Crippen molar-refractivity contribution < 1.29 is 14.6 Å². The molecular weight excluding hydrogens is 386 g/mol. The fourth-order valence-corrected chi connectivity index (χ4v) is 4.47. The first-order chi connectivity index (χ1) is 13.1. The molecule has 0 bridgehead atoms. The van der Waals surface area contributed by atoms with Crippen LogP contribution in [0.4, 0.5) is 5.13 Å². The molecule has 1 aromatic carbocycles. The molecule has 2 aromatic heterocycles. The number of piperidine rings is 1. The van der Waals surface area contributed by atoms with E-state index in [9.17, 15) is 9.90 Å². The van der Waals surface area contributed by atoms with Crippen molar-refractivity contribution in [3.05, 3.63) is 53.3 Å². The minimum Gasteiger partial charge on any atom is -0.481 e. The Labute approximate surface area is 165 Å². The van der Waals surface area contributed by atoms with E-state index in [-0.39, 0.29) is 6.10 Å². The summed E-state index contributed by atoms with van der Waals surface area (Å²) >= 11 is 7.59. The largest absolute Gasteiger partial charge is 0.481 e. The average Bonchev–Trinajstić information content (AvgIpc) is 3.13. The van der Waals surface area contributed by atoms with Crippen LogP contribution in [0.25, 0.3) is 10.2 Å². The molecule has 0 aliphatic carbocycles. The van der Waals surface area contributed by atoms with Crippen LogP contribution in [-0.2, 0) is 16.1 Å². The highest BCUT2D eigenvalue weighted by Gasteiger charge is 2.33. The summed E-state index contributed by atoms with van der Waals surface area (Å²) in [5.41, 5.74) is 1.84. The number of thiazole rings is 1. The first-order valence-corrected chi connectivity index (χ1v) is 9.84. The number of aliphatic carboxylic acids is 1. The second-order valence-electron chi connectivity index (χ2n) is 6.54. The molecule has 2 atom stereocenters. The monoisotopic (exact) mass is 403 g/mol. The topological polar surface area (TPSA) is 75.6 Å². The zero-order valence-corrected chi connectivity index (χ0v) is 16.0. The van der Waals surface area contributed by atoms with Crippen LogP contribution in [0.2, 0.25) is 5.15 Å². The van der Waals surface area contributed by atoms with Crippen molar-refractivity contribution in [3.8, 4) is 0 Å². The van der Waals surface area contributed by atoms with Crippen LogP contribution >= 0.6 is 22.9 Å². The standard InChI is InChI=1S/C19H18ClN3O3S/c20-17-16-15(6-7-21-17)22-19(27-16)23-9-13(18(24)25)8-14(10-23)26-11-12-4-2-1-3-5-12/h1-7,13-14H,8-11H2,(H,24,25). The Kier molecular flexibility index (Phi) is 5.24. The summed E-state index contributed by atoms with van der Waals surface area (Å²) in [6.45, 7) is 1.47. The minimum atomic E-state index is -0.811. The molecule has 27 heavy (non-hydrogen) atoms. The second-order valence-corrected chi connectivity index (χ2v) is 7.88. The molecule has 8 heteroatoms. The van der Waals surface area contributed by atoms with E-state index in [1.807, 2.05) is 41.3 Å². The van der Waals surface area contributed by atoms with Gasteiger partial charge < -0.3 is 14.7 Å². The fraction of sp³-hybridized carbons (Fsp3) is 0.316. The van der Waals surface area contributed by atoms with Gasteiger partial charge in [0.05, 0.1) is 28.8 Å². The first kappa shape index (κ1) is 18.2. The lowest BCUT2D eigenvalue weighted by molar-refractivity contribution is -0.143. The molecule has 6 nitrogen and oxygen atoms in total. The Balaban J connectivity index is 1.54. The Hall–Kier alpha value is -2.22. The van der Waals surface area contributed by atoms with Gasteiger partial charge >= 0.3 is 5.97 Å². The predicted molar refractivity (Wildman–Crippen MR) is 105 cm³/mol. The molecule has 0 saturated carbocycles. The summed E-state index contributed by atoms with van der Waals surface area (Å²) in [6.07, 6.45) is 1.93. The van der Waals surface area contributed by atoms with Gasteiger partial charge in [-0.25, -0.2) is 9.97 Å². The van der Waals surface area contributed by atoms with Gasteiger partial charge in [0.2, 0.25) is 0 Å². The molecule has 1 aliphatic rings. The number of benzene rings is 1. The summed E-state index contributed by atoms with van der Waals surface area (Å²) in [4.78, 5) is 22.3. The van der Waals surface area contributed by atoms with Crippen LogP contribution in [0.5, 0.6) is 0 Å². The normalized spacial score (nSPS) is 20.1. The molecule has 4 rings (SSSR count). The molecule has 1 aliphatic heterocycles.